The summed E-state index contributed by atoms with van der Waals surface area (Å²) in [6, 6.07) is 13.8. The van der Waals surface area contributed by atoms with Crippen molar-refractivity contribution in [2.24, 2.45) is 0 Å². The quantitative estimate of drug-likeness (QED) is 0.789. The molecular formula is C17H17N3O2. The third-order valence-electron chi connectivity index (χ3n) is 4.46. The molecule has 1 N–H and O–H groups in total. The number of hydrogen-bond donors (Lipinski definition) is 1. The van der Waals surface area contributed by atoms with E-state index in [1.54, 1.807) is 4.68 Å². The second-order valence-corrected chi connectivity index (χ2v) is 5.92. The number of fused-ring (bicyclic) bond motifs is 2. The van der Waals surface area contributed by atoms with E-state index >= 15 is 0 Å². The maximum Gasteiger partial charge on any atom is 0.210 e. The topological polar surface area (TPSA) is 60.2 Å². The summed E-state index contributed by atoms with van der Waals surface area (Å²) in [7, 11) is 0. The predicted molar refractivity (Wildman–Crippen MR) is 82.8 cm³/mol. The van der Waals surface area contributed by atoms with E-state index in [1.807, 2.05) is 50.2 Å². The van der Waals surface area contributed by atoms with Crippen LogP contribution >= 0.6 is 0 Å². The van der Waals surface area contributed by atoms with Crippen LogP contribution in [0.3, 0.4) is 0 Å². The zero-order valence-corrected chi connectivity index (χ0v) is 12.5. The van der Waals surface area contributed by atoms with E-state index in [9.17, 15) is 5.11 Å². The minimum atomic E-state index is -0.791. The van der Waals surface area contributed by atoms with Gasteiger partial charge in [-0.1, -0.05) is 35.0 Å². The Bertz CT molecular complexity index is 858. The lowest BCUT2D eigenvalue weighted by atomic mass is 9.91. The van der Waals surface area contributed by atoms with E-state index in [1.165, 1.54) is 0 Å². The Morgan fingerprint density at radius 1 is 1.27 bits per heavy atom. The number of hydrogen-bond acceptors (Lipinski definition) is 4. The first-order chi connectivity index (χ1) is 10.6. The lowest BCUT2D eigenvalue weighted by molar-refractivity contribution is -0.0170. The van der Waals surface area contributed by atoms with Gasteiger partial charge in [-0.3, -0.25) is 0 Å². The van der Waals surface area contributed by atoms with Crippen molar-refractivity contribution >= 4 is 11.0 Å². The zero-order valence-electron chi connectivity index (χ0n) is 12.5. The van der Waals surface area contributed by atoms with Gasteiger partial charge in [0.05, 0.1) is 18.0 Å². The second-order valence-electron chi connectivity index (χ2n) is 5.92. The number of ether oxygens (including phenoxy) is 1. The van der Waals surface area contributed by atoms with E-state index in [-0.39, 0.29) is 12.5 Å². The fraction of sp³-hybridized carbons (Fsp3) is 0.294. The van der Waals surface area contributed by atoms with Crippen LogP contribution in [0.5, 0.6) is 5.75 Å². The Morgan fingerprint density at radius 3 is 2.91 bits per heavy atom. The molecule has 5 heteroatoms. The molecule has 2 heterocycles. The molecule has 0 spiro atoms. The molecule has 0 fully saturated rings. The third kappa shape index (κ3) is 1.69. The van der Waals surface area contributed by atoms with Gasteiger partial charge in [0.1, 0.15) is 11.3 Å². The molecule has 5 nitrogen and oxygen atoms in total. The maximum atomic E-state index is 9.97. The van der Waals surface area contributed by atoms with E-state index in [2.05, 4.69) is 16.4 Å². The molecule has 0 radical (unpaired) electrons. The monoisotopic (exact) mass is 295 g/mol. The van der Waals surface area contributed by atoms with Gasteiger partial charge >= 0.3 is 0 Å². The molecule has 4 rings (SSSR count). The van der Waals surface area contributed by atoms with E-state index < -0.39 is 5.72 Å². The molecule has 0 amide bonds. The van der Waals surface area contributed by atoms with Gasteiger partial charge < -0.3 is 9.84 Å². The molecule has 3 aromatic rings. The van der Waals surface area contributed by atoms with Gasteiger partial charge in [0.2, 0.25) is 5.72 Å². The molecule has 0 aliphatic carbocycles. The standard InChI is InChI=1S/C17H17N3O2/c1-11-7-8-16-12(9-11)13(10-21)17(2,22-16)20-15-6-4-3-5-14(15)18-19-20/h3-9,13,21H,10H2,1-2H3. The van der Waals surface area contributed by atoms with Crippen LogP contribution in [0.2, 0.25) is 0 Å². The smallest absolute Gasteiger partial charge is 0.210 e. The van der Waals surface area contributed by atoms with Crippen molar-refractivity contribution in [2.75, 3.05) is 6.61 Å². The van der Waals surface area contributed by atoms with Crippen molar-refractivity contribution in [3.63, 3.8) is 0 Å². The largest absolute Gasteiger partial charge is 0.465 e. The Labute approximate surface area is 128 Å². The number of benzene rings is 2. The van der Waals surface area contributed by atoms with Gasteiger partial charge in [0.25, 0.3) is 0 Å². The van der Waals surface area contributed by atoms with Gasteiger partial charge in [-0.15, -0.1) is 5.10 Å². The first kappa shape index (κ1) is 13.3. The predicted octanol–water partition coefficient (Wildman–Crippen LogP) is 2.58. The van der Waals surface area contributed by atoms with Crippen LogP contribution in [0.25, 0.3) is 11.0 Å². The number of aromatic nitrogens is 3. The lowest BCUT2D eigenvalue weighted by Gasteiger charge is -2.30. The molecule has 22 heavy (non-hydrogen) atoms. The van der Waals surface area contributed by atoms with E-state index in [0.29, 0.717) is 0 Å². The number of aliphatic hydroxyl groups is 1. The molecule has 2 unspecified atom stereocenters. The van der Waals surface area contributed by atoms with Crippen molar-refractivity contribution in [1.29, 1.82) is 0 Å². The van der Waals surface area contributed by atoms with Crippen LogP contribution in [0.4, 0.5) is 0 Å². The number of rotatable bonds is 2. The molecule has 0 saturated carbocycles. The first-order valence-electron chi connectivity index (χ1n) is 7.35. The van der Waals surface area contributed by atoms with Crippen molar-refractivity contribution in [3.05, 3.63) is 53.6 Å². The normalized spacial score (nSPS) is 23.5. The van der Waals surface area contributed by atoms with Crippen LogP contribution in [0, 0.1) is 6.92 Å². The molecule has 0 bridgehead atoms. The van der Waals surface area contributed by atoms with Crippen LogP contribution in [-0.4, -0.2) is 26.7 Å². The van der Waals surface area contributed by atoms with Gasteiger partial charge in [0, 0.05) is 5.56 Å². The molecule has 0 saturated heterocycles. The van der Waals surface area contributed by atoms with Crippen molar-refractivity contribution in [1.82, 2.24) is 15.0 Å². The number of aliphatic hydroxyl groups excluding tert-OH is 1. The molecule has 2 aromatic carbocycles. The number of aryl methyl sites for hydroxylation is 1. The molecule has 2 atom stereocenters. The summed E-state index contributed by atoms with van der Waals surface area (Å²) in [5, 5.41) is 18.5. The zero-order chi connectivity index (χ0) is 15.3. The maximum absolute atomic E-state index is 9.97. The number of para-hydroxylation sites is 1. The van der Waals surface area contributed by atoms with Crippen LogP contribution < -0.4 is 4.74 Å². The highest BCUT2D eigenvalue weighted by Crippen LogP contribution is 2.47. The molecule has 112 valence electrons. The molecule has 1 aliphatic rings. The SMILES string of the molecule is Cc1ccc2c(c1)C(CO)C(C)(n1nnc3ccccc31)O2. The van der Waals surface area contributed by atoms with E-state index in [4.69, 9.17) is 4.74 Å². The Hall–Kier alpha value is -2.40. The van der Waals surface area contributed by atoms with Crippen molar-refractivity contribution in [2.45, 2.75) is 25.5 Å². The van der Waals surface area contributed by atoms with Crippen LogP contribution in [0.1, 0.15) is 24.0 Å². The second kappa shape index (κ2) is 4.55. The average molecular weight is 295 g/mol. The number of nitrogens with zero attached hydrogens (tertiary/aromatic N) is 3. The third-order valence-corrected chi connectivity index (χ3v) is 4.46. The average Bonchev–Trinajstić information content (AvgIpc) is 3.06. The summed E-state index contributed by atoms with van der Waals surface area (Å²) in [6.45, 7) is 3.97. The summed E-state index contributed by atoms with van der Waals surface area (Å²) >= 11 is 0. The van der Waals surface area contributed by atoms with Gasteiger partial charge in [-0.05, 0) is 32.0 Å². The fourth-order valence-electron chi connectivity index (χ4n) is 3.27. The van der Waals surface area contributed by atoms with Gasteiger partial charge in [-0.25, -0.2) is 4.68 Å². The highest BCUT2D eigenvalue weighted by molar-refractivity contribution is 5.74. The summed E-state index contributed by atoms with van der Waals surface area (Å²) < 4.78 is 7.98. The summed E-state index contributed by atoms with van der Waals surface area (Å²) in [5.41, 5.74) is 3.09. The molecule has 1 aliphatic heterocycles. The minimum absolute atomic E-state index is 0.0128. The summed E-state index contributed by atoms with van der Waals surface area (Å²) in [4.78, 5) is 0. The minimum Gasteiger partial charge on any atom is -0.465 e. The highest BCUT2D eigenvalue weighted by Gasteiger charge is 2.47. The van der Waals surface area contributed by atoms with E-state index in [0.717, 1.165) is 27.9 Å². The molecule has 1 aromatic heterocycles. The Balaban J connectivity index is 1.91. The van der Waals surface area contributed by atoms with Gasteiger partial charge in [0.15, 0.2) is 0 Å². The summed E-state index contributed by atoms with van der Waals surface area (Å²) in [5.74, 6) is 0.610. The van der Waals surface area contributed by atoms with Crippen molar-refractivity contribution in [3.8, 4) is 5.75 Å². The summed E-state index contributed by atoms with van der Waals surface area (Å²) in [6.07, 6.45) is 0. The Morgan fingerprint density at radius 2 is 2.09 bits per heavy atom. The van der Waals surface area contributed by atoms with Gasteiger partial charge in [-0.2, -0.15) is 0 Å². The van der Waals surface area contributed by atoms with Crippen LogP contribution in [-0.2, 0) is 5.72 Å². The lowest BCUT2D eigenvalue weighted by Crippen LogP contribution is -2.40. The van der Waals surface area contributed by atoms with Crippen LogP contribution in [0.15, 0.2) is 42.5 Å². The Kier molecular flexibility index (Phi) is 2.74. The fourth-order valence-corrected chi connectivity index (χ4v) is 3.27. The van der Waals surface area contributed by atoms with Crippen molar-refractivity contribution < 1.29 is 9.84 Å². The molecular weight excluding hydrogens is 278 g/mol. The highest BCUT2D eigenvalue weighted by atomic mass is 16.5. The first-order valence-corrected chi connectivity index (χ1v) is 7.35.